The van der Waals surface area contributed by atoms with E-state index in [1.54, 1.807) is 0 Å². The predicted molar refractivity (Wildman–Crippen MR) is 69.9 cm³/mol. The fourth-order valence-electron chi connectivity index (χ4n) is 2.31. The molecule has 1 nitrogen and oxygen atoms in total. The Morgan fingerprint density at radius 3 is 2.75 bits per heavy atom. The van der Waals surface area contributed by atoms with Crippen LogP contribution in [0.25, 0.3) is 0 Å². The van der Waals surface area contributed by atoms with E-state index in [0.717, 1.165) is 10.6 Å². The molecular weight excluding hydrogens is 218 g/mol. The average molecular weight is 236 g/mol. The lowest BCUT2D eigenvalue weighted by molar-refractivity contribution is 0.656. The maximum Gasteiger partial charge on any atom is 0.0534 e. The molecule has 0 spiro atoms. The average Bonchev–Trinajstić information content (AvgIpc) is 2.78. The Kier molecular flexibility index (Phi) is 3.67. The Morgan fingerprint density at radius 2 is 2.19 bits per heavy atom. The maximum atomic E-state index is 6.17. The predicted octanol–water partition coefficient (Wildman–Crippen LogP) is 4.02. The fourth-order valence-corrected chi connectivity index (χ4v) is 2.50. The summed E-state index contributed by atoms with van der Waals surface area (Å²) >= 11 is 6.17. The summed E-state index contributed by atoms with van der Waals surface area (Å²) in [7, 11) is 2.01. The van der Waals surface area contributed by atoms with Gasteiger partial charge in [0.2, 0.25) is 0 Å². The molecule has 0 saturated heterocycles. The highest BCUT2D eigenvalue weighted by atomic mass is 35.5. The van der Waals surface area contributed by atoms with Gasteiger partial charge in [0.1, 0.15) is 0 Å². The van der Waals surface area contributed by atoms with E-state index in [-0.39, 0.29) is 0 Å². The first kappa shape index (κ1) is 11.7. The van der Waals surface area contributed by atoms with Crippen LogP contribution in [-0.2, 0) is 0 Å². The summed E-state index contributed by atoms with van der Waals surface area (Å²) in [5, 5.41) is 4.24. The van der Waals surface area contributed by atoms with E-state index < -0.39 is 0 Å². The number of rotatable bonds is 3. The lowest BCUT2D eigenvalue weighted by Gasteiger charge is -2.19. The van der Waals surface area contributed by atoms with E-state index in [4.69, 9.17) is 11.6 Å². The molecule has 1 aliphatic carbocycles. The van der Waals surface area contributed by atoms with Crippen molar-refractivity contribution < 1.29 is 0 Å². The maximum absolute atomic E-state index is 6.17. The minimum Gasteiger partial charge on any atom is -0.310 e. The zero-order chi connectivity index (χ0) is 11.5. The molecule has 2 heteroatoms. The molecule has 0 aromatic heterocycles. The van der Waals surface area contributed by atoms with E-state index >= 15 is 0 Å². The Morgan fingerprint density at radius 1 is 1.38 bits per heavy atom. The highest BCUT2D eigenvalue weighted by Crippen LogP contribution is 2.32. The first-order valence-corrected chi connectivity index (χ1v) is 6.22. The molecular formula is C14H18ClN. The van der Waals surface area contributed by atoms with Gasteiger partial charge in [0.05, 0.1) is 6.04 Å². The first-order valence-electron chi connectivity index (χ1n) is 5.84. The Balaban J connectivity index is 2.29. The molecule has 16 heavy (non-hydrogen) atoms. The van der Waals surface area contributed by atoms with Crippen LogP contribution in [-0.4, -0.2) is 7.05 Å². The van der Waals surface area contributed by atoms with Gasteiger partial charge in [-0.2, -0.15) is 0 Å². The third kappa shape index (κ3) is 2.31. The number of benzene rings is 1. The summed E-state index contributed by atoms with van der Waals surface area (Å²) < 4.78 is 0. The standard InChI is InChI=1S/C14H18ClN/c1-10-7-8-12(9-13(10)15)14(16-2)11-5-3-4-6-11/h5,7-9,14,16H,3-4,6H2,1-2H3. The van der Waals surface area contributed by atoms with Crippen LogP contribution < -0.4 is 5.32 Å². The molecule has 86 valence electrons. The van der Waals surface area contributed by atoms with Gasteiger partial charge in [0, 0.05) is 5.02 Å². The first-order chi connectivity index (χ1) is 7.72. The van der Waals surface area contributed by atoms with Crippen molar-refractivity contribution in [2.24, 2.45) is 0 Å². The second-order valence-corrected chi connectivity index (χ2v) is 4.81. The molecule has 0 amide bonds. The normalized spacial score (nSPS) is 17.3. The minimum absolute atomic E-state index is 0.334. The van der Waals surface area contributed by atoms with Crippen LogP contribution in [0.5, 0.6) is 0 Å². The lowest BCUT2D eigenvalue weighted by Crippen LogP contribution is -2.18. The van der Waals surface area contributed by atoms with Crippen molar-refractivity contribution >= 4 is 11.6 Å². The van der Waals surface area contributed by atoms with E-state index in [0.29, 0.717) is 6.04 Å². The molecule has 0 heterocycles. The SMILES string of the molecule is CNC(C1=CCCC1)c1ccc(C)c(Cl)c1. The molecule has 1 aromatic rings. The van der Waals surface area contributed by atoms with Gasteiger partial charge in [-0.25, -0.2) is 0 Å². The monoisotopic (exact) mass is 235 g/mol. The number of nitrogens with one attached hydrogen (secondary N) is 1. The second kappa shape index (κ2) is 5.03. The van der Waals surface area contributed by atoms with E-state index in [2.05, 4.69) is 29.6 Å². The smallest absolute Gasteiger partial charge is 0.0534 e. The summed E-state index contributed by atoms with van der Waals surface area (Å²) in [6, 6.07) is 6.68. The van der Waals surface area contributed by atoms with Gasteiger partial charge < -0.3 is 5.32 Å². The number of hydrogen-bond acceptors (Lipinski definition) is 1. The van der Waals surface area contributed by atoms with Crippen molar-refractivity contribution in [1.29, 1.82) is 0 Å². The topological polar surface area (TPSA) is 12.0 Å². The summed E-state index contributed by atoms with van der Waals surface area (Å²) in [4.78, 5) is 0. The molecule has 1 atom stereocenters. The molecule has 1 N–H and O–H groups in total. The van der Waals surface area contributed by atoms with Crippen molar-refractivity contribution in [3.63, 3.8) is 0 Å². The molecule has 1 unspecified atom stereocenters. The number of allylic oxidation sites excluding steroid dienone is 1. The zero-order valence-corrected chi connectivity index (χ0v) is 10.6. The van der Waals surface area contributed by atoms with Crippen LogP contribution in [0.15, 0.2) is 29.8 Å². The van der Waals surface area contributed by atoms with Crippen LogP contribution in [0.2, 0.25) is 5.02 Å². The zero-order valence-electron chi connectivity index (χ0n) is 9.89. The van der Waals surface area contributed by atoms with Gasteiger partial charge >= 0.3 is 0 Å². The summed E-state index contributed by atoms with van der Waals surface area (Å²) in [6.45, 7) is 2.04. The van der Waals surface area contributed by atoms with E-state index in [9.17, 15) is 0 Å². The Bertz CT molecular complexity index is 409. The van der Waals surface area contributed by atoms with Gasteiger partial charge in [-0.05, 0) is 50.4 Å². The third-order valence-corrected chi connectivity index (χ3v) is 3.67. The fraction of sp³-hybridized carbons (Fsp3) is 0.429. The van der Waals surface area contributed by atoms with Gasteiger partial charge in [-0.3, -0.25) is 0 Å². The van der Waals surface area contributed by atoms with Gasteiger partial charge in [0.25, 0.3) is 0 Å². The van der Waals surface area contributed by atoms with Crippen molar-refractivity contribution in [1.82, 2.24) is 5.32 Å². The number of halogens is 1. The number of likely N-dealkylation sites (N-methyl/N-ethyl adjacent to an activating group) is 1. The van der Waals surface area contributed by atoms with E-state index in [1.807, 2.05) is 14.0 Å². The molecule has 0 saturated carbocycles. The quantitative estimate of drug-likeness (QED) is 0.781. The van der Waals surface area contributed by atoms with Crippen LogP contribution >= 0.6 is 11.6 Å². The molecule has 0 fully saturated rings. The van der Waals surface area contributed by atoms with Crippen molar-refractivity contribution in [3.8, 4) is 0 Å². The Labute approximate surface area is 103 Å². The van der Waals surface area contributed by atoms with Crippen LogP contribution in [0.1, 0.15) is 36.4 Å². The lowest BCUT2D eigenvalue weighted by atomic mass is 9.97. The third-order valence-electron chi connectivity index (χ3n) is 3.26. The van der Waals surface area contributed by atoms with Gasteiger partial charge in [0.15, 0.2) is 0 Å². The van der Waals surface area contributed by atoms with E-state index in [1.165, 1.54) is 30.4 Å². The van der Waals surface area contributed by atoms with Crippen LogP contribution in [0.3, 0.4) is 0 Å². The molecule has 1 aliphatic rings. The molecule has 0 bridgehead atoms. The number of hydrogen-bond donors (Lipinski definition) is 1. The largest absolute Gasteiger partial charge is 0.310 e. The highest BCUT2D eigenvalue weighted by molar-refractivity contribution is 6.31. The Hall–Kier alpha value is -0.790. The molecule has 0 aliphatic heterocycles. The number of aryl methyl sites for hydroxylation is 1. The molecule has 0 radical (unpaired) electrons. The molecule has 2 rings (SSSR count). The summed E-state index contributed by atoms with van der Waals surface area (Å²) in [6.07, 6.45) is 6.06. The second-order valence-electron chi connectivity index (χ2n) is 4.40. The summed E-state index contributed by atoms with van der Waals surface area (Å²) in [5.41, 5.74) is 3.91. The minimum atomic E-state index is 0.334. The van der Waals surface area contributed by atoms with Crippen molar-refractivity contribution in [2.75, 3.05) is 7.05 Å². The van der Waals surface area contributed by atoms with Crippen molar-refractivity contribution in [2.45, 2.75) is 32.2 Å². The highest BCUT2D eigenvalue weighted by Gasteiger charge is 2.17. The van der Waals surface area contributed by atoms with Crippen LogP contribution in [0.4, 0.5) is 0 Å². The molecule has 1 aromatic carbocycles. The summed E-state index contributed by atoms with van der Waals surface area (Å²) in [5.74, 6) is 0. The van der Waals surface area contributed by atoms with Crippen molar-refractivity contribution in [3.05, 3.63) is 46.0 Å². The van der Waals surface area contributed by atoms with Crippen LogP contribution in [0, 0.1) is 6.92 Å². The van der Waals surface area contributed by atoms with Gasteiger partial charge in [-0.15, -0.1) is 0 Å². The van der Waals surface area contributed by atoms with Gasteiger partial charge in [-0.1, -0.05) is 35.4 Å².